The number of carbonyl (C=O) groups is 1. The Kier molecular flexibility index (Phi) is 5.84. The Bertz CT molecular complexity index is 586. The van der Waals surface area contributed by atoms with Gasteiger partial charge in [-0.25, -0.2) is 4.79 Å². The Morgan fingerprint density at radius 1 is 1.24 bits per heavy atom. The minimum Gasteiger partial charge on any atom is -0.396 e. The van der Waals surface area contributed by atoms with Crippen LogP contribution in [-0.4, -0.2) is 36.9 Å². The van der Waals surface area contributed by atoms with Crippen molar-refractivity contribution in [2.24, 2.45) is 5.41 Å². The number of amides is 2. The Morgan fingerprint density at radius 3 is 2.76 bits per heavy atom. The van der Waals surface area contributed by atoms with Gasteiger partial charge in [0.05, 0.1) is 6.61 Å². The van der Waals surface area contributed by atoms with Crippen LogP contribution in [0.5, 0.6) is 0 Å². The molecule has 5 nitrogen and oxygen atoms in total. The number of nitrogens with one attached hydrogen (secondary N) is 2. The molecule has 1 saturated heterocycles. The first-order valence-electron chi connectivity index (χ1n) is 9.60. The molecule has 1 aliphatic carbocycles. The van der Waals surface area contributed by atoms with Gasteiger partial charge in [0.2, 0.25) is 0 Å². The number of carbonyl (C=O) groups excluding carboxylic acids is 1. The maximum absolute atomic E-state index is 12.3. The van der Waals surface area contributed by atoms with Crippen molar-refractivity contribution in [2.75, 3.05) is 24.6 Å². The second kappa shape index (κ2) is 8.09. The first kappa shape index (κ1) is 18.1. The van der Waals surface area contributed by atoms with E-state index < -0.39 is 0 Å². The van der Waals surface area contributed by atoms with Crippen LogP contribution >= 0.6 is 0 Å². The van der Waals surface area contributed by atoms with Crippen LogP contribution in [0, 0.1) is 5.41 Å². The van der Waals surface area contributed by atoms with Gasteiger partial charge in [-0.05, 0) is 43.7 Å². The van der Waals surface area contributed by atoms with Crippen LogP contribution in [0.1, 0.15) is 51.0 Å². The number of aliphatic hydroxyl groups excluding tert-OH is 1. The Morgan fingerprint density at radius 2 is 2.00 bits per heavy atom. The number of piperidine rings is 1. The highest BCUT2D eigenvalue weighted by Crippen LogP contribution is 2.37. The maximum Gasteiger partial charge on any atom is 0.315 e. The number of rotatable bonds is 5. The van der Waals surface area contributed by atoms with Crippen LogP contribution in [0.15, 0.2) is 24.3 Å². The number of urea groups is 1. The van der Waals surface area contributed by atoms with E-state index in [1.807, 2.05) is 6.07 Å². The van der Waals surface area contributed by atoms with Crippen molar-refractivity contribution in [1.29, 1.82) is 0 Å². The number of hydrogen-bond donors (Lipinski definition) is 3. The summed E-state index contributed by atoms with van der Waals surface area (Å²) in [6.07, 6.45) is 6.75. The van der Waals surface area contributed by atoms with Gasteiger partial charge in [-0.1, -0.05) is 31.5 Å². The van der Waals surface area contributed by atoms with E-state index >= 15 is 0 Å². The maximum atomic E-state index is 12.3. The lowest BCUT2D eigenvalue weighted by Crippen LogP contribution is -2.48. The second-order valence-corrected chi connectivity index (χ2v) is 7.76. The third kappa shape index (κ3) is 4.27. The molecule has 0 aromatic heterocycles. The molecule has 1 saturated carbocycles. The molecule has 25 heavy (non-hydrogen) atoms. The molecule has 1 aromatic carbocycles. The summed E-state index contributed by atoms with van der Waals surface area (Å²) >= 11 is 0. The van der Waals surface area contributed by atoms with E-state index in [4.69, 9.17) is 0 Å². The fourth-order valence-corrected chi connectivity index (χ4v) is 4.16. The molecule has 0 bridgehead atoms. The van der Waals surface area contributed by atoms with Crippen molar-refractivity contribution in [3.05, 3.63) is 29.8 Å². The third-order valence-electron chi connectivity index (χ3n) is 5.88. The normalized spacial score (nSPS) is 26.5. The van der Waals surface area contributed by atoms with Crippen molar-refractivity contribution >= 4 is 11.7 Å². The van der Waals surface area contributed by atoms with E-state index in [1.54, 1.807) is 0 Å². The summed E-state index contributed by atoms with van der Waals surface area (Å²) in [6.45, 7) is 4.90. The largest absolute Gasteiger partial charge is 0.396 e. The smallest absolute Gasteiger partial charge is 0.315 e. The highest BCUT2D eigenvalue weighted by Gasteiger charge is 2.39. The standard InChI is InChI=1S/C20H31N3O2/c1-20(15-24)11-7-10-18(20)22-19(25)21-14-16-8-3-4-9-17(16)23-12-5-2-6-13-23/h3-4,8-9,18,24H,2,5-7,10-15H2,1H3,(H2,21,22,25). The van der Waals surface area contributed by atoms with Gasteiger partial charge < -0.3 is 20.6 Å². The van der Waals surface area contributed by atoms with Crippen LogP contribution in [0.4, 0.5) is 10.5 Å². The molecule has 5 heteroatoms. The predicted molar refractivity (Wildman–Crippen MR) is 101 cm³/mol. The Labute approximate surface area is 150 Å². The molecule has 1 aliphatic heterocycles. The van der Waals surface area contributed by atoms with Crippen LogP contribution in [0.3, 0.4) is 0 Å². The molecule has 3 rings (SSSR count). The van der Waals surface area contributed by atoms with Gasteiger partial charge in [-0.2, -0.15) is 0 Å². The molecule has 3 N–H and O–H groups in total. The first-order chi connectivity index (χ1) is 12.1. The number of aliphatic hydroxyl groups is 1. The fraction of sp³-hybridized carbons (Fsp3) is 0.650. The fourth-order valence-electron chi connectivity index (χ4n) is 4.16. The first-order valence-corrected chi connectivity index (χ1v) is 9.60. The van der Waals surface area contributed by atoms with Gasteiger partial charge in [0, 0.05) is 36.8 Å². The summed E-state index contributed by atoms with van der Waals surface area (Å²) in [5, 5.41) is 15.7. The molecule has 2 atom stereocenters. The lowest BCUT2D eigenvalue weighted by molar-refractivity contribution is 0.121. The summed E-state index contributed by atoms with van der Waals surface area (Å²) in [5.74, 6) is 0. The van der Waals surface area contributed by atoms with Crippen LogP contribution in [0.2, 0.25) is 0 Å². The SMILES string of the molecule is CC1(CO)CCCC1NC(=O)NCc1ccccc1N1CCCCC1. The van der Waals surface area contributed by atoms with Crippen molar-refractivity contribution in [3.63, 3.8) is 0 Å². The summed E-state index contributed by atoms with van der Waals surface area (Å²) in [6, 6.07) is 8.26. The van der Waals surface area contributed by atoms with Crippen molar-refractivity contribution in [1.82, 2.24) is 10.6 Å². The Balaban J connectivity index is 1.57. The zero-order valence-corrected chi connectivity index (χ0v) is 15.3. The Hall–Kier alpha value is -1.75. The minimum atomic E-state index is -0.191. The molecule has 2 amide bonds. The summed E-state index contributed by atoms with van der Waals surface area (Å²) < 4.78 is 0. The molecule has 1 aromatic rings. The van der Waals surface area contributed by atoms with Crippen molar-refractivity contribution < 1.29 is 9.90 Å². The van der Waals surface area contributed by atoms with Gasteiger partial charge in [0.1, 0.15) is 0 Å². The molecule has 2 unspecified atom stereocenters. The van der Waals surface area contributed by atoms with E-state index in [-0.39, 0.29) is 24.1 Å². The van der Waals surface area contributed by atoms with E-state index in [0.29, 0.717) is 6.54 Å². The number of anilines is 1. The van der Waals surface area contributed by atoms with E-state index in [2.05, 4.69) is 40.7 Å². The van der Waals surface area contributed by atoms with E-state index in [0.717, 1.165) is 37.9 Å². The highest BCUT2D eigenvalue weighted by atomic mass is 16.3. The summed E-state index contributed by atoms with van der Waals surface area (Å²) in [5.41, 5.74) is 2.21. The molecule has 1 heterocycles. The molecular weight excluding hydrogens is 314 g/mol. The molecular formula is C20H31N3O2. The third-order valence-corrected chi connectivity index (χ3v) is 5.88. The zero-order valence-electron chi connectivity index (χ0n) is 15.3. The van der Waals surface area contributed by atoms with E-state index in [9.17, 15) is 9.90 Å². The zero-order chi connectivity index (χ0) is 17.7. The number of benzene rings is 1. The van der Waals surface area contributed by atoms with Crippen LogP contribution in [-0.2, 0) is 6.54 Å². The lowest BCUT2D eigenvalue weighted by atomic mass is 9.86. The van der Waals surface area contributed by atoms with Crippen LogP contribution in [0.25, 0.3) is 0 Å². The molecule has 138 valence electrons. The van der Waals surface area contributed by atoms with Crippen LogP contribution < -0.4 is 15.5 Å². The van der Waals surface area contributed by atoms with Gasteiger partial charge in [-0.3, -0.25) is 0 Å². The van der Waals surface area contributed by atoms with Crippen molar-refractivity contribution in [2.45, 2.75) is 58.0 Å². The average Bonchev–Trinajstić information content (AvgIpc) is 3.02. The van der Waals surface area contributed by atoms with Gasteiger partial charge in [-0.15, -0.1) is 0 Å². The number of nitrogens with zero attached hydrogens (tertiary/aromatic N) is 1. The minimum absolute atomic E-state index is 0.0508. The van der Waals surface area contributed by atoms with Gasteiger partial charge in [0.25, 0.3) is 0 Å². The second-order valence-electron chi connectivity index (χ2n) is 7.76. The average molecular weight is 345 g/mol. The highest BCUT2D eigenvalue weighted by molar-refractivity contribution is 5.74. The van der Waals surface area contributed by atoms with Crippen molar-refractivity contribution in [3.8, 4) is 0 Å². The summed E-state index contributed by atoms with van der Waals surface area (Å²) in [7, 11) is 0. The molecule has 2 fully saturated rings. The number of hydrogen-bond acceptors (Lipinski definition) is 3. The molecule has 0 radical (unpaired) electrons. The molecule has 0 spiro atoms. The molecule has 2 aliphatic rings. The lowest BCUT2D eigenvalue weighted by Gasteiger charge is -2.31. The van der Waals surface area contributed by atoms with Gasteiger partial charge in [0.15, 0.2) is 0 Å². The predicted octanol–water partition coefficient (Wildman–Crippen LogP) is 3.03. The van der Waals surface area contributed by atoms with Gasteiger partial charge >= 0.3 is 6.03 Å². The number of para-hydroxylation sites is 1. The topological polar surface area (TPSA) is 64.6 Å². The summed E-state index contributed by atoms with van der Waals surface area (Å²) in [4.78, 5) is 14.8. The monoisotopic (exact) mass is 345 g/mol. The van der Waals surface area contributed by atoms with E-state index in [1.165, 1.54) is 24.9 Å². The quantitative estimate of drug-likeness (QED) is 0.768.